The highest BCUT2D eigenvalue weighted by atomic mass is 32.2. The highest BCUT2D eigenvalue weighted by Crippen LogP contribution is 2.23. The Hall–Kier alpha value is -2.96. The van der Waals surface area contributed by atoms with Crippen LogP contribution in [0.15, 0.2) is 30.6 Å². The molecule has 0 bridgehead atoms. The van der Waals surface area contributed by atoms with Gasteiger partial charge in [-0.1, -0.05) is 6.07 Å². The molecule has 30 heavy (non-hydrogen) atoms. The molecule has 0 atom stereocenters. The number of aromatic amines is 1. The van der Waals surface area contributed by atoms with Gasteiger partial charge in [0.1, 0.15) is 5.52 Å². The number of H-pyrrole nitrogens is 1. The summed E-state index contributed by atoms with van der Waals surface area (Å²) in [5.74, 6) is 1.01. The predicted octanol–water partition coefficient (Wildman–Crippen LogP) is 1.21. The summed E-state index contributed by atoms with van der Waals surface area (Å²) in [6.45, 7) is 4.98. The zero-order valence-electron chi connectivity index (χ0n) is 16.6. The quantitative estimate of drug-likeness (QED) is 0.414. The van der Waals surface area contributed by atoms with Crippen LogP contribution in [0.4, 0.5) is 23.1 Å². The van der Waals surface area contributed by atoms with Crippen molar-refractivity contribution in [2.24, 2.45) is 0 Å². The topological polar surface area (TPSA) is 137 Å². The number of sulfonamides is 1. The van der Waals surface area contributed by atoms with Gasteiger partial charge in [0.15, 0.2) is 11.5 Å². The molecule has 4 rings (SSSR count). The molecule has 3 aromatic rings. The van der Waals surface area contributed by atoms with Crippen molar-refractivity contribution in [3.05, 3.63) is 30.6 Å². The summed E-state index contributed by atoms with van der Waals surface area (Å²) in [7, 11) is -3.36. The third-order valence-electron chi connectivity index (χ3n) is 4.53. The molecular weight excluding hydrogens is 408 g/mol. The molecule has 0 radical (unpaired) electrons. The van der Waals surface area contributed by atoms with Crippen molar-refractivity contribution in [2.45, 2.75) is 0 Å². The normalized spacial score (nSPS) is 15.2. The van der Waals surface area contributed by atoms with Gasteiger partial charge in [-0.2, -0.15) is 9.97 Å². The number of morpholine rings is 1. The second-order valence-corrected chi connectivity index (χ2v) is 8.71. The number of ether oxygens (including phenoxy) is 1. The number of anilines is 4. The fourth-order valence-corrected chi connectivity index (χ4v) is 3.73. The predicted molar refractivity (Wildman–Crippen MR) is 116 cm³/mol. The average Bonchev–Trinajstić information content (AvgIpc) is 3.16. The highest BCUT2D eigenvalue weighted by Gasteiger charge is 2.13. The third kappa shape index (κ3) is 5.34. The fraction of sp³-hybridized carbons (Fsp3) is 0.389. The van der Waals surface area contributed by atoms with Crippen molar-refractivity contribution >= 4 is 44.3 Å². The lowest BCUT2D eigenvalue weighted by Crippen LogP contribution is -2.39. The van der Waals surface area contributed by atoms with Gasteiger partial charge >= 0.3 is 0 Å². The number of benzene rings is 1. The van der Waals surface area contributed by atoms with E-state index in [1.165, 1.54) is 0 Å². The van der Waals surface area contributed by atoms with Crippen LogP contribution in [0.5, 0.6) is 0 Å². The number of imidazole rings is 1. The van der Waals surface area contributed by atoms with Crippen LogP contribution in [0, 0.1) is 0 Å². The van der Waals surface area contributed by atoms with Crippen LogP contribution in [0.3, 0.4) is 0 Å². The van der Waals surface area contributed by atoms with Crippen LogP contribution in [0.25, 0.3) is 11.2 Å². The lowest BCUT2D eigenvalue weighted by Gasteiger charge is -2.26. The van der Waals surface area contributed by atoms with E-state index in [2.05, 4.69) is 40.2 Å². The molecular formula is C18H24N8O3S. The first kappa shape index (κ1) is 20.3. The molecule has 160 valence electrons. The summed E-state index contributed by atoms with van der Waals surface area (Å²) >= 11 is 0. The Labute approximate surface area is 174 Å². The first-order valence-electron chi connectivity index (χ1n) is 9.56. The first-order valence-corrected chi connectivity index (χ1v) is 11.5. The maximum absolute atomic E-state index is 11.5. The Morgan fingerprint density at radius 3 is 2.80 bits per heavy atom. The standard InChI is InChI=1S/C18H24N8O3S/c1-30(27,28)25-14-4-2-3-13(11-14)22-18-23-16(15-17(24-18)21-12-20-15)19-5-6-26-7-9-29-10-8-26/h2-4,11-12,25H,5-10H2,1H3,(H3,19,20,21,22,23,24). The Morgan fingerprint density at radius 1 is 1.20 bits per heavy atom. The summed E-state index contributed by atoms with van der Waals surface area (Å²) in [6.07, 6.45) is 2.68. The first-order chi connectivity index (χ1) is 14.5. The highest BCUT2D eigenvalue weighted by molar-refractivity contribution is 7.92. The molecule has 4 N–H and O–H groups in total. The van der Waals surface area contributed by atoms with E-state index in [1.54, 1.807) is 30.6 Å². The summed E-state index contributed by atoms with van der Waals surface area (Å²) in [5, 5.41) is 6.47. The Kier molecular flexibility index (Phi) is 5.97. The van der Waals surface area contributed by atoms with E-state index in [1.807, 2.05) is 0 Å². The van der Waals surface area contributed by atoms with E-state index in [-0.39, 0.29) is 0 Å². The van der Waals surface area contributed by atoms with E-state index in [0.29, 0.717) is 28.8 Å². The van der Waals surface area contributed by atoms with E-state index in [9.17, 15) is 8.42 Å². The minimum absolute atomic E-state index is 0.361. The van der Waals surface area contributed by atoms with Gasteiger partial charge in [-0.3, -0.25) is 9.62 Å². The van der Waals surface area contributed by atoms with Crippen molar-refractivity contribution in [3.63, 3.8) is 0 Å². The van der Waals surface area contributed by atoms with Gasteiger partial charge in [-0.05, 0) is 18.2 Å². The van der Waals surface area contributed by atoms with Gasteiger partial charge in [0.05, 0.1) is 31.5 Å². The van der Waals surface area contributed by atoms with E-state index < -0.39 is 10.0 Å². The maximum atomic E-state index is 11.5. The molecule has 1 saturated heterocycles. The minimum atomic E-state index is -3.36. The number of aromatic nitrogens is 4. The second-order valence-electron chi connectivity index (χ2n) is 6.96. The van der Waals surface area contributed by atoms with Gasteiger partial charge in [0.25, 0.3) is 0 Å². The van der Waals surface area contributed by atoms with Crippen LogP contribution < -0.4 is 15.4 Å². The fourth-order valence-electron chi connectivity index (χ4n) is 3.18. The molecule has 0 spiro atoms. The molecule has 1 aliphatic rings. The van der Waals surface area contributed by atoms with Crippen LogP contribution >= 0.6 is 0 Å². The van der Waals surface area contributed by atoms with Crippen molar-refractivity contribution in [1.29, 1.82) is 0 Å². The molecule has 1 aliphatic heterocycles. The van der Waals surface area contributed by atoms with Crippen LogP contribution in [-0.4, -0.2) is 78.9 Å². The van der Waals surface area contributed by atoms with Crippen LogP contribution in [-0.2, 0) is 14.8 Å². The largest absolute Gasteiger partial charge is 0.379 e. The molecule has 3 heterocycles. The molecule has 1 fully saturated rings. The molecule has 1 aromatic carbocycles. The summed E-state index contributed by atoms with van der Waals surface area (Å²) in [4.78, 5) is 18.6. The van der Waals surface area contributed by atoms with Crippen LogP contribution in [0.2, 0.25) is 0 Å². The average molecular weight is 433 g/mol. The Morgan fingerprint density at radius 2 is 2.00 bits per heavy atom. The number of rotatable bonds is 8. The lowest BCUT2D eigenvalue weighted by atomic mass is 10.3. The van der Waals surface area contributed by atoms with Crippen molar-refractivity contribution in [1.82, 2.24) is 24.8 Å². The van der Waals surface area contributed by atoms with E-state index >= 15 is 0 Å². The van der Waals surface area contributed by atoms with Crippen molar-refractivity contribution in [2.75, 3.05) is 61.0 Å². The van der Waals surface area contributed by atoms with E-state index in [4.69, 9.17) is 4.74 Å². The zero-order valence-corrected chi connectivity index (χ0v) is 17.4. The number of fused-ring (bicyclic) bond motifs is 1. The van der Waals surface area contributed by atoms with Crippen molar-refractivity contribution in [3.8, 4) is 0 Å². The molecule has 0 amide bonds. The summed E-state index contributed by atoms with van der Waals surface area (Å²) in [5.41, 5.74) is 2.37. The molecule has 2 aromatic heterocycles. The number of nitrogens with zero attached hydrogens (tertiary/aromatic N) is 4. The number of hydrogen-bond acceptors (Lipinski definition) is 9. The van der Waals surface area contributed by atoms with Gasteiger partial charge in [-0.15, -0.1) is 0 Å². The Bertz CT molecular complexity index is 1110. The summed E-state index contributed by atoms with van der Waals surface area (Å²) in [6, 6.07) is 6.88. The lowest BCUT2D eigenvalue weighted by molar-refractivity contribution is 0.0398. The van der Waals surface area contributed by atoms with Crippen molar-refractivity contribution < 1.29 is 13.2 Å². The second kappa shape index (κ2) is 8.81. The molecule has 11 nitrogen and oxygen atoms in total. The van der Waals surface area contributed by atoms with Crippen LogP contribution in [0.1, 0.15) is 0 Å². The number of hydrogen-bond donors (Lipinski definition) is 4. The van der Waals surface area contributed by atoms with Gasteiger partial charge in [0, 0.05) is 31.9 Å². The smallest absolute Gasteiger partial charge is 0.231 e. The van der Waals surface area contributed by atoms with Gasteiger partial charge < -0.3 is 20.4 Å². The van der Waals surface area contributed by atoms with Gasteiger partial charge in [-0.25, -0.2) is 13.4 Å². The maximum Gasteiger partial charge on any atom is 0.231 e. The number of nitrogens with one attached hydrogen (secondary N) is 4. The SMILES string of the molecule is CS(=O)(=O)Nc1cccc(Nc2nc(NCCN3CCOCC3)c3[nH]cnc3n2)c1. The van der Waals surface area contributed by atoms with Gasteiger partial charge in [0.2, 0.25) is 16.0 Å². The Balaban J connectivity index is 1.48. The summed E-state index contributed by atoms with van der Waals surface area (Å²) < 4.78 is 30.7. The zero-order chi connectivity index (χ0) is 21.0. The molecule has 12 heteroatoms. The minimum Gasteiger partial charge on any atom is -0.379 e. The monoisotopic (exact) mass is 432 g/mol. The molecule has 0 saturated carbocycles. The third-order valence-corrected chi connectivity index (χ3v) is 5.14. The molecule has 0 aliphatic carbocycles. The van der Waals surface area contributed by atoms with E-state index in [0.717, 1.165) is 51.2 Å². The molecule has 0 unspecified atom stereocenters.